The van der Waals surface area contributed by atoms with Gasteiger partial charge in [-0.3, -0.25) is 0 Å². The summed E-state index contributed by atoms with van der Waals surface area (Å²) in [5, 5.41) is 12.6. The molecule has 1 aromatic heterocycles. The van der Waals surface area contributed by atoms with Crippen LogP contribution >= 0.6 is 23.2 Å². The lowest BCUT2D eigenvalue weighted by atomic mass is 10.3. The first-order valence-electron chi connectivity index (χ1n) is 5.70. The SMILES string of the molecule is Nc1ncc(Oc2ccc(Cl)cc2Cl)c(NCCO)n1. The second kappa shape index (κ2) is 6.60. The summed E-state index contributed by atoms with van der Waals surface area (Å²) < 4.78 is 5.63. The lowest BCUT2D eigenvalue weighted by Crippen LogP contribution is -2.09. The summed E-state index contributed by atoms with van der Waals surface area (Å²) in [4.78, 5) is 7.87. The van der Waals surface area contributed by atoms with E-state index in [1.165, 1.54) is 6.20 Å². The van der Waals surface area contributed by atoms with Crippen molar-refractivity contribution in [2.45, 2.75) is 0 Å². The van der Waals surface area contributed by atoms with Crippen molar-refractivity contribution in [3.05, 3.63) is 34.4 Å². The van der Waals surface area contributed by atoms with Gasteiger partial charge in [-0.15, -0.1) is 0 Å². The second-order valence-corrected chi connectivity index (χ2v) is 4.61. The van der Waals surface area contributed by atoms with E-state index in [4.69, 9.17) is 38.8 Å². The summed E-state index contributed by atoms with van der Waals surface area (Å²) in [6.07, 6.45) is 1.42. The van der Waals surface area contributed by atoms with Gasteiger partial charge in [0, 0.05) is 11.6 Å². The molecule has 0 aliphatic carbocycles. The number of nitrogens with one attached hydrogen (secondary N) is 1. The third-order valence-electron chi connectivity index (χ3n) is 2.29. The van der Waals surface area contributed by atoms with Crippen molar-refractivity contribution >= 4 is 35.0 Å². The minimum atomic E-state index is -0.0505. The molecule has 2 rings (SSSR count). The number of anilines is 2. The van der Waals surface area contributed by atoms with Crippen LogP contribution in [0, 0.1) is 0 Å². The number of nitrogens with two attached hydrogens (primary N) is 1. The Hall–Kier alpha value is -1.76. The predicted molar refractivity (Wildman–Crippen MR) is 78.6 cm³/mol. The maximum absolute atomic E-state index is 8.84. The third kappa shape index (κ3) is 3.63. The molecule has 0 saturated heterocycles. The highest BCUT2D eigenvalue weighted by molar-refractivity contribution is 6.35. The van der Waals surface area contributed by atoms with Crippen LogP contribution < -0.4 is 15.8 Å². The van der Waals surface area contributed by atoms with Crippen LogP contribution in [0.25, 0.3) is 0 Å². The van der Waals surface area contributed by atoms with Gasteiger partial charge < -0.3 is 20.9 Å². The van der Waals surface area contributed by atoms with Crippen molar-refractivity contribution in [2.75, 3.05) is 24.2 Å². The van der Waals surface area contributed by atoms with Crippen molar-refractivity contribution < 1.29 is 9.84 Å². The first kappa shape index (κ1) is 14.6. The standard InChI is InChI=1S/C12H12Cl2N4O2/c13-7-1-2-9(8(14)5-7)20-10-6-17-12(15)18-11(10)16-3-4-19/h1-2,5-6,19H,3-4H2,(H3,15,16,17,18). The van der Waals surface area contributed by atoms with Crippen LogP contribution in [-0.2, 0) is 0 Å². The molecule has 0 unspecified atom stereocenters. The monoisotopic (exact) mass is 314 g/mol. The van der Waals surface area contributed by atoms with Crippen LogP contribution in [0.15, 0.2) is 24.4 Å². The molecule has 8 heteroatoms. The molecule has 106 valence electrons. The highest BCUT2D eigenvalue weighted by Gasteiger charge is 2.10. The fourth-order valence-electron chi connectivity index (χ4n) is 1.44. The Morgan fingerprint density at radius 3 is 2.80 bits per heavy atom. The smallest absolute Gasteiger partial charge is 0.222 e. The van der Waals surface area contributed by atoms with E-state index in [0.29, 0.717) is 33.9 Å². The number of halogens is 2. The molecular weight excluding hydrogens is 303 g/mol. The van der Waals surface area contributed by atoms with Crippen molar-refractivity contribution in [3.8, 4) is 11.5 Å². The first-order chi connectivity index (χ1) is 9.60. The molecule has 4 N–H and O–H groups in total. The molecule has 0 amide bonds. The van der Waals surface area contributed by atoms with Crippen LogP contribution in [0.5, 0.6) is 11.5 Å². The van der Waals surface area contributed by atoms with Crippen molar-refractivity contribution in [1.82, 2.24) is 9.97 Å². The molecule has 6 nitrogen and oxygen atoms in total. The molecule has 20 heavy (non-hydrogen) atoms. The van der Waals surface area contributed by atoms with Gasteiger partial charge in [0.2, 0.25) is 5.95 Å². The first-order valence-corrected chi connectivity index (χ1v) is 6.46. The molecule has 0 bridgehead atoms. The van der Waals surface area contributed by atoms with E-state index in [0.717, 1.165) is 0 Å². The third-order valence-corrected chi connectivity index (χ3v) is 2.82. The molecule has 0 aliphatic rings. The van der Waals surface area contributed by atoms with Gasteiger partial charge in [0.05, 0.1) is 17.8 Å². The summed E-state index contributed by atoms with van der Waals surface area (Å²) in [5.74, 6) is 1.23. The van der Waals surface area contributed by atoms with Crippen molar-refractivity contribution in [2.24, 2.45) is 0 Å². The van der Waals surface area contributed by atoms with Crippen molar-refractivity contribution in [1.29, 1.82) is 0 Å². The molecule has 1 heterocycles. The van der Waals surface area contributed by atoms with Gasteiger partial charge in [-0.25, -0.2) is 4.98 Å². The van der Waals surface area contributed by atoms with E-state index in [1.54, 1.807) is 18.2 Å². The molecule has 0 saturated carbocycles. The lowest BCUT2D eigenvalue weighted by Gasteiger charge is -2.12. The molecule has 0 aliphatic heterocycles. The van der Waals surface area contributed by atoms with Gasteiger partial charge in [0.1, 0.15) is 5.75 Å². The molecular formula is C12H12Cl2N4O2. The molecule has 2 aromatic rings. The number of ether oxygens (including phenoxy) is 1. The van der Waals surface area contributed by atoms with Gasteiger partial charge in [-0.2, -0.15) is 4.98 Å². The van der Waals surface area contributed by atoms with Gasteiger partial charge in [-0.1, -0.05) is 23.2 Å². The average Bonchev–Trinajstić information content (AvgIpc) is 2.41. The molecule has 1 aromatic carbocycles. The van der Waals surface area contributed by atoms with Gasteiger partial charge in [0.25, 0.3) is 0 Å². The molecule has 0 fully saturated rings. The van der Waals surface area contributed by atoms with E-state index in [2.05, 4.69) is 15.3 Å². The largest absolute Gasteiger partial charge is 0.450 e. The van der Waals surface area contributed by atoms with E-state index >= 15 is 0 Å². The number of nitrogen functional groups attached to an aromatic ring is 1. The number of aliphatic hydroxyl groups is 1. The van der Waals surface area contributed by atoms with Crippen LogP contribution in [0.1, 0.15) is 0 Å². The average molecular weight is 315 g/mol. The van der Waals surface area contributed by atoms with Gasteiger partial charge in [0.15, 0.2) is 11.6 Å². The fourth-order valence-corrected chi connectivity index (χ4v) is 1.88. The topological polar surface area (TPSA) is 93.3 Å². The summed E-state index contributed by atoms with van der Waals surface area (Å²) in [6.45, 7) is 0.256. The quantitative estimate of drug-likeness (QED) is 0.785. The van der Waals surface area contributed by atoms with Crippen LogP contribution in [0.3, 0.4) is 0 Å². The number of hydrogen-bond donors (Lipinski definition) is 3. The highest BCUT2D eigenvalue weighted by Crippen LogP contribution is 2.34. The maximum Gasteiger partial charge on any atom is 0.222 e. The summed E-state index contributed by atoms with van der Waals surface area (Å²) in [5.41, 5.74) is 5.52. The second-order valence-electron chi connectivity index (χ2n) is 3.77. The normalized spacial score (nSPS) is 10.3. The number of rotatable bonds is 5. The highest BCUT2D eigenvalue weighted by atomic mass is 35.5. The minimum absolute atomic E-state index is 0.0505. The maximum atomic E-state index is 8.84. The number of benzene rings is 1. The minimum Gasteiger partial charge on any atom is -0.450 e. The van der Waals surface area contributed by atoms with Gasteiger partial charge >= 0.3 is 0 Å². The summed E-state index contributed by atoms with van der Waals surface area (Å²) >= 11 is 11.9. The Morgan fingerprint density at radius 2 is 2.10 bits per heavy atom. The summed E-state index contributed by atoms with van der Waals surface area (Å²) in [7, 11) is 0. The Bertz CT molecular complexity index is 610. The number of aromatic nitrogens is 2. The van der Waals surface area contributed by atoms with E-state index in [1.807, 2.05) is 0 Å². The Labute approximate surface area is 125 Å². The molecule has 0 atom stereocenters. The lowest BCUT2D eigenvalue weighted by molar-refractivity contribution is 0.310. The van der Waals surface area contributed by atoms with Crippen LogP contribution in [0.4, 0.5) is 11.8 Å². The Morgan fingerprint density at radius 1 is 1.30 bits per heavy atom. The zero-order chi connectivity index (χ0) is 14.5. The van der Waals surface area contributed by atoms with Crippen molar-refractivity contribution in [3.63, 3.8) is 0 Å². The fraction of sp³-hybridized carbons (Fsp3) is 0.167. The van der Waals surface area contributed by atoms with E-state index < -0.39 is 0 Å². The van der Waals surface area contributed by atoms with Crippen LogP contribution in [0.2, 0.25) is 10.0 Å². The Kier molecular flexibility index (Phi) is 4.84. The molecule has 0 radical (unpaired) electrons. The Balaban J connectivity index is 2.27. The number of hydrogen-bond acceptors (Lipinski definition) is 6. The number of aliphatic hydroxyl groups excluding tert-OH is 1. The van der Waals surface area contributed by atoms with E-state index in [9.17, 15) is 0 Å². The zero-order valence-electron chi connectivity index (χ0n) is 10.3. The number of nitrogens with zero attached hydrogens (tertiary/aromatic N) is 2. The molecule has 0 spiro atoms. The predicted octanol–water partition coefficient (Wildman–Crippen LogP) is 2.56. The zero-order valence-corrected chi connectivity index (χ0v) is 11.8. The summed E-state index contributed by atoms with van der Waals surface area (Å²) in [6, 6.07) is 4.86. The van der Waals surface area contributed by atoms with E-state index in [-0.39, 0.29) is 12.6 Å². The van der Waals surface area contributed by atoms with Gasteiger partial charge in [-0.05, 0) is 18.2 Å². The van der Waals surface area contributed by atoms with Crippen LogP contribution in [-0.4, -0.2) is 28.2 Å².